The van der Waals surface area contributed by atoms with Crippen molar-refractivity contribution in [1.82, 2.24) is 0 Å². The lowest BCUT2D eigenvalue weighted by molar-refractivity contribution is -0.135. The van der Waals surface area contributed by atoms with E-state index in [1.165, 1.54) is 0 Å². The molecule has 1 unspecified atom stereocenters. The van der Waals surface area contributed by atoms with E-state index in [-0.39, 0.29) is 18.5 Å². The Balaban J connectivity index is 1.39. The van der Waals surface area contributed by atoms with Crippen molar-refractivity contribution in [2.75, 3.05) is 12.4 Å². The molecule has 0 fully saturated rings. The smallest absolute Gasteiger partial charge is 0.412 e. The molecule has 28 heavy (non-hydrogen) atoms. The third-order valence-corrected chi connectivity index (χ3v) is 4.61. The zero-order chi connectivity index (χ0) is 19.7. The number of hydrogen-bond acceptors (Lipinski definition) is 6. The van der Waals surface area contributed by atoms with E-state index in [1.54, 1.807) is 37.4 Å². The van der Waals surface area contributed by atoms with Crippen molar-refractivity contribution >= 4 is 28.7 Å². The number of amides is 1. The number of ether oxygens (including phenoxy) is 3. The van der Waals surface area contributed by atoms with Crippen LogP contribution in [0.25, 0.3) is 11.0 Å². The minimum Gasteiger partial charge on any atom is -0.497 e. The predicted octanol–water partition coefficient (Wildman–Crippen LogP) is 4.60. The van der Waals surface area contributed by atoms with Gasteiger partial charge in [-0.2, -0.15) is 0 Å². The summed E-state index contributed by atoms with van der Waals surface area (Å²) in [6, 6.07) is 12.5. The van der Waals surface area contributed by atoms with Crippen LogP contribution in [0, 0.1) is 0 Å². The third kappa shape index (κ3) is 3.64. The normalized spacial score (nSPS) is 15.6. The molecule has 0 spiro atoms. The summed E-state index contributed by atoms with van der Waals surface area (Å²) in [6.07, 6.45) is -0.279. The molecule has 0 aliphatic carbocycles. The Morgan fingerprint density at radius 2 is 2.07 bits per heavy atom. The minimum atomic E-state index is -0.631. The van der Waals surface area contributed by atoms with Crippen molar-refractivity contribution in [3.8, 4) is 11.5 Å². The van der Waals surface area contributed by atoms with Gasteiger partial charge in [0.1, 0.15) is 22.8 Å². The average molecular weight is 381 g/mol. The average Bonchev–Trinajstić information content (AvgIpc) is 3.08. The van der Waals surface area contributed by atoms with Crippen LogP contribution in [0.4, 0.5) is 10.5 Å². The number of furan rings is 1. The van der Waals surface area contributed by atoms with E-state index in [0.29, 0.717) is 29.2 Å². The summed E-state index contributed by atoms with van der Waals surface area (Å²) in [7, 11) is 1.60. The van der Waals surface area contributed by atoms with Crippen LogP contribution in [-0.4, -0.2) is 19.2 Å². The van der Waals surface area contributed by atoms with Gasteiger partial charge < -0.3 is 18.6 Å². The highest BCUT2D eigenvalue weighted by Crippen LogP contribution is 2.35. The van der Waals surface area contributed by atoms with Crippen LogP contribution in [0.3, 0.4) is 0 Å². The number of methoxy groups -OCH3 is 1. The number of nitrogens with one attached hydrogen (secondary N) is 1. The molecule has 1 amide bonds. The molecule has 0 bridgehead atoms. The van der Waals surface area contributed by atoms with Gasteiger partial charge in [0.25, 0.3) is 0 Å². The second kappa shape index (κ2) is 7.26. The first kappa shape index (κ1) is 17.9. The molecular weight excluding hydrogens is 362 g/mol. The van der Waals surface area contributed by atoms with Gasteiger partial charge >= 0.3 is 12.1 Å². The molecule has 3 aromatic rings. The number of carbonyl (C=O) groups excluding carboxylic acids is 2. The van der Waals surface area contributed by atoms with Crippen LogP contribution in [0.2, 0.25) is 0 Å². The fourth-order valence-corrected chi connectivity index (χ4v) is 3.20. The van der Waals surface area contributed by atoms with E-state index in [2.05, 4.69) is 5.32 Å². The second-order valence-corrected chi connectivity index (χ2v) is 6.65. The van der Waals surface area contributed by atoms with E-state index in [4.69, 9.17) is 18.6 Å². The quantitative estimate of drug-likeness (QED) is 0.525. The largest absolute Gasteiger partial charge is 0.497 e. The van der Waals surface area contributed by atoms with Gasteiger partial charge in [-0.15, -0.1) is 0 Å². The van der Waals surface area contributed by atoms with Crippen molar-refractivity contribution in [3.63, 3.8) is 0 Å². The SMILES string of the molecule is COc1ccc2oc(COC(=O)Nc3ccc4c(c3)OC(=O)CC4C)cc2c1. The van der Waals surface area contributed by atoms with Crippen molar-refractivity contribution < 1.29 is 28.2 Å². The number of rotatable bonds is 4. The van der Waals surface area contributed by atoms with Crippen LogP contribution in [-0.2, 0) is 16.1 Å². The summed E-state index contributed by atoms with van der Waals surface area (Å²) < 4.78 is 21.3. The van der Waals surface area contributed by atoms with E-state index in [9.17, 15) is 9.59 Å². The third-order valence-electron chi connectivity index (χ3n) is 4.61. The predicted molar refractivity (Wildman–Crippen MR) is 102 cm³/mol. The first-order valence-electron chi connectivity index (χ1n) is 8.86. The van der Waals surface area contributed by atoms with E-state index >= 15 is 0 Å². The number of carbonyl (C=O) groups is 2. The summed E-state index contributed by atoms with van der Waals surface area (Å²) >= 11 is 0. The molecule has 1 aliphatic heterocycles. The zero-order valence-corrected chi connectivity index (χ0v) is 15.5. The van der Waals surface area contributed by atoms with E-state index < -0.39 is 6.09 Å². The van der Waals surface area contributed by atoms with Crippen molar-refractivity contribution in [1.29, 1.82) is 0 Å². The Kier molecular flexibility index (Phi) is 4.65. The topological polar surface area (TPSA) is 87.0 Å². The summed E-state index contributed by atoms with van der Waals surface area (Å²) in [6.45, 7) is 1.95. The fraction of sp³-hybridized carbons (Fsp3) is 0.238. The molecule has 0 saturated carbocycles. The van der Waals surface area contributed by atoms with Gasteiger partial charge in [0, 0.05) is 17.1 Å². The van der Waals surface area contributed by atoms with Crippen LogP contribution < -0.4 is 14.8 Å². The second-order valence-electron chi connectivity index (χ2n) is 6.65. The van der Waals surface area contributed by atoms with Crippen molar-refractivity contribution in [2.45, 2.75) is 25.9 Å². The summed E-state index contributed by atoms with van der Waals surface area (Å²) in [5.41, 5.74) is 2.11. The minimum absolute atomic E-state index is 0.0141. The molecule has 144 valence electrons. The zero-order valence-electron chi connectivity index (χ0n) is 15.5. The van der Waals surface area contributed by atoms with Gasteiger partial charge in [0.05, 0.1) is 13.5 Å². The van der Waals surface area contributed by atoms with Gasteiger partial charge in [0.15, 0.2) is 6.61 Å². The standard InChI is InChI=1S/C21H19NO6/c1-12-7-20(23)28-19-10-14(3-5-17(12)19)22-21(24)26-11-16-9-13-8-15(25-2)4-6-18(13)27-16/h3-6,8-10,12H,7,11H2,1-2H3,(H,22,24). The molecule has 2 heterocycles. The highest BCUT2D eigenvalue weighted by atomic mass is 16.6. The van der Waals surface area contributed by atoms with E-state index in [0.717, 1.165) is 16.7 Å². The van der Waals surface area contributed by atoms with Crippen molar-refractivity contribution in [2.24, 2.45) is 0 Å². The Bertz CT molecular complexity index is 1050. The monoisotopic (exact) mass is 381 g/mol. The Labute approximate surface area is 161 Å². The molecule has 1 N–H and O–H groups in total. The number of benzene rings is 2. The molecule has 1 aliphatic rings. The molecule has 4 rings (SSSR count). The lowest BCUT2D eigenvalue weighted by Crippen LogP contribution is -2.19. The maximum absolute atomic E-state index is 12.1. The summed E-state index contributed by atoms with van der Waals surface area (Å²) in [4.78, 5) is 23.7. The van der Waals surface area contributed by atoms with Gasteiger partial charge in [0.2, 0.25) is 0 Å². The van der Waals surface area contributed by atoms with Gasteiger partial charge in [-0.1, -0.05) is 13.0 Å². The molecule has 0 saturated heterocycles. The Hall–Kier alpha value is -3.48. The number of hydrogen-bond donors (Lipinski definition) is 1. The first-order valence-corrected chi connectivity index (χ1v) is 8.86. The molecule has 7 heteroatoms. The Morgan fingerprint density at radius 3 is 2.89 bits per heavy atom. The van der Waals surface area contributed by atoms with Crippen molar-refractivity contribution in [3.05, 3.63) is 53.8 Å². The van der Waals surface area contributed by atoms with Gasteiger partial charge in [-0.3, -0.25) is 10.1 Å². The van der Waals surface area contributed by atoms with Gasteiger partial charge in [-0.05, 0) is 41.8 Å². The summed E-state index contributed by atoms with van der Waals surface area (Å²) in [5.74, 6) is 1.52. The molecule has 2 aromatic carbocycles. The van der Waals surface area contributed by atoms with E-state index in [1.807, 2.05) is 19.1 Å². The molecule has 1 atom stereocenters. The lowest BCUT2D eigenvalue weighted by atomic mass is 9.94. The molecule has 7 nitrogen and oxygen atoms in total. The maximum atomic E-state index is 12.1. The first-order chi connectivity index (χ1) is 13.5. The maximum Gasteiger partial charge on any atom is 0.412 e. The number of esters is 1. The fourth-order valence-electron chi connectivity index (χ4n) is 3.20. The van der Waals surface area contributed by atoms with Crippen LogP contribution in [0.1, 0.15) is 30.6 Å². The summed E-state index contributed by atoms with van der Waals surface area (Å²) in [5, 5.41) is 3.49. The highest BCUT2D eigenvalue weighted by Gasteiger charge is 2.24. The highest BCUT2D eigenvalue weighted by molar-refractivity contribution is 5.86. The Morgan fingerprint density at radius 1 is 1.21 bits per heavy atom. The lowest BCUT2D eigenvalue weighted by Gasteiger charge is -2.21. The number of anilines is 1. The van der Waals surface area contributed by atoms with Crippen LogP contribution in [0.5, 0.6) is 11.5 Å². The molecular formula is C21H19NO6. The van der Waals surface area contributed by atoms with Crippen LogP contribution >= 0.6 is 0 Å². The molecule has 0 radical (unpaired) electrons. The van der Waals surface area contributed by atoms with Gasteiger partial charge in [-0.25, -0.2) is 4.79 Å². The molecule has 1 aromatic heterocycles. The number of fused-ring (bicyclic) bond motifs is 2. The van der Waals surface area contributed by atoms with Crippen LogP contribution in [0.15, 0.2) is 46.9 Å².